The molecule has 8 heteroatoms. The molecule has 2 aromatic rings. The number of aliphatic carboxylic acids is 1. The van der Waals surface area contributed by atoms with E-state index >= 15 is 0 Å². The summed E-state index contributed by atoms with van der Waals surface area (Å²) in [6, 6.07) is 5.98. The number of pyridine rings is 2. The molecule has 1 amide bonds. The average molecular weight is 493 g/mol. The Kier molecular flexibility index (Phi) is 5.55. The number of carboxylic acids is 1. The van der Waals surface area contributed by atoms with Crippen molar-refractivity contribution in [3.05, 3.63) is 47.4 Å². The normalized spacial score (nSPS) is 30.1. The van der Waals surface area contributed by atoms with Crippen LogP contribution in [0.1, 0.15) is 72.5 Å². The zero-order valence-corrected chi connectivity index (χ0v) is 21.0. The number of fused-ring (bicyclic) bond motifs is 1. The minimum Gasteiger partial charge on any atom is -0.481 e. The van der Waals surface area contributed by atoms with Gasteiger partial charge in [0.15, 0.2) is 0 Å². The molecule has 2 aliphatic heterocycles. The Balaban J connectivity index is 1.27. The highest BCUT2D eigenvalue weighted by molar-refractivity contribution is 7.80. The highest BCUT2D eigenvalue weighted by Crippen LogP contribution is 2.63. The van der Waals surface area contributed by atoms with Gasteiger partial charge in [-0.2, -0.15) is 0 Å². The third kappa shape index (κ3) is 3.81. The molecule has 4 aliphatic rings. The van der Waals surface area contributed by atoms with Crippen molar-refractivity contribution in [1.82, 2.24) is 14.9 Å². The molecule has 2 saturated carbocycles. The van der Waals surface area contributed by atoms with E-state index in [9.17, 15) is 14.7 Å². The van der Waals surface area contributed by atoms with E-state index in [0.29, 0.717) is 36.0 Å². The number of thiol groups is 1. The van der Waals surface area contributed by atoms with Gasteiger partial charge in [-0.05, 0) is 42.9 Å². The maximum atomic E-state index is 13.8. The van der Waals surface area contributed by atoms with Crippen LogP contribution in [-0.2, 0) is 4.79 Å². The minimum atomic E-state index is -0.695. The summed E-state index contributed by atoms with van der Waals surface area (Å²) < 4.78 is 0. The first-order chi connectivity index (χ1) is 16.9. The number of carbonyl (C=O) groups is 2. The van der Waals surface area contributed by atoms with E-state index < -0.39 is 5.97 Å². The lowest BCUT2D eigenvalue weighted by Gasteiger charge is -2.27. The van der Waals surface area contributed by atoms with Gasteiger partial charge in [0.25, 0.3) is 5.91 Å². The van der Waals surface area contributed by atoms with E-state index in [1.807, 2.05) is 23.2 Å². The van der Waals surface area contributed by atoms with Gasteiger partial charge in [-0.15, -0.1) is 12.6 Å². The molecule has 0 aromatic carbocycles. The molecule has 6 rings (SSSR count). The van der Waals surface area contributed by atoms with Crippen LogP contribution in [0.25, 0.3) is 0 Å². The molecule has 7 nitrogen and oxygen atoms in total. The van der Waals surface area contributed by atoms with E-state index in [2.05, 4.69) is 22.9 Å². The molecule has 0 spiro atoms. The molecule has 2 aliphatic carbocycles. The summed E-state index contributed by atoms with van der Waals surface area (Å²) in [5.41, 5.74) is 2.58. The van der Waals surface area contributed by atoms with E-state index in [-0.39, 0.29) is 29.1 Å². The molecule has 2 saturated heterocycles. The predicted molar refractivity (Wildman–Crippen MR) is 135 cm³/mol. The van der Waals surface area contributed by atoms with Gasteiger partial charge < -0.3 is 14.9 Å². The van der Waals surface area contributed by atoms with Crippen LogP contribution in [0.3, 0.4) is 0 Å². The second kappa shape index (κ2) is 8.50. The number of carbonyl (C=O) groups excluding carboxylic acids is 1. The van der Waals surface area contributed by atoms with Gasteiger partial charge in [0.1, 0.15) is 5.82 Å². The van der Waals surface area contributed by atoms with E-state index in [1.54, 1.807) is 6.20 Å². The minimum absolute atomic E-state index is 0.0508. The van der Waals surface area contributed by atoms with Crippen LogP contribution in [0.2, 0.25) is 0 Å². The summed E-state index contributed by atoms with van der Waals surface area (Å²) >= 11 is 4.78. The molecule has 35 heavy (non-hydrogen) atoms. The van der Waals surface area contributed by atoms with E-state index in [0.717, 1.165) is 50.2 Å². The predicted octanol–water partition coefficient (Wildman–Crippen LogP) is 4.21. The second-order valence-electron chi connectivity index (χ2n) is 11.1. The van der Waals surface area contributed by atoms with Gasteiger partial charge >= 0.3 is 5.97 Å². The van der Waals surface area contributed by atoms with Crippen LogP contribution in [0.15, 0.2) is 35.5 Å². The molecular formula is C27H32N4O3S. The molecule has 0 radical (unpaired) electrons. The number of carboxylic acid groups (broad SMARTS) is 1. The quantitative estimate of drug-likeness (QED) is 0.608. The summed E-state index contributed by atoms with van der Waals surface area (Å²) in [5.74, 6) is 0.648. The van der Waals surface area contributed by atoms with Gasteiger partial charge in [0, 0.05) is 60.7 Å². The average Bonchev–Trinajstić information content (AvgIpc) is 3.40. The van der Waals surface area contributed by atoms with Crippen molar-refractivity contribution >= 4 is 30.3 Å². The Morgan fingerprint density at radius 1 is 1.17 bits per heavy atom. The topological polar surface area (TPSA) is 86.6 Å². The first kappa shape index (κ1) is 22.8. The zero-order chi connectivity index (χ0) is 24.3. The lowest BCUT2D eigenvalue weighted by molar-refractivity contribution is -0.139. The number of hydrogen-bond acceptors (Lipinski definition) is 6. The number of likely N-dealkylation sites (tertiary alicyclic amines) is 1. The Morgan fingerprint density at radius 3 is 2.63 bits per heavy atom. The van der Waals surface area contributed by atoms with E-state index in [1.165, 1.54) is 5.56 Å². The van der Waals surface area contributed by atoms with Crippen molar-refractivity contribution in [1.29, 1.82) is 0 Å². The number of anilines is 1. The third-order valence-corrected chi connectivity index (χ3v) is 9.31. The molecule has 2 unspecified atom stereocenters. The van der Waals surface area contributed by atoms with Crippen LogP contribution in [0.4, 0.5) is 5.82 Å². The Labute approximate surface area is 211 Å². The van der Waals surface area contributed by atoms with Crippen LogP contribution in [-0.4, -0.2) is 58.0 Å². The number of amides is 1. The maximum Gasteiger partial charge on any atom is 0.307 e. The Bertz CT molecular complexity index is 1170. The lowest BCUT2D eigenvalue weighted by Crippen LogP contribution is -2.32. The highest BCUT2D eigenvalue weighted by atomic mass is 32.1. The fraction of sp³-hybridized carbons (Fsp3) is 0.556. The first-order valence-corrected chi connectivity index (χ1v) is 13.2. The fourth-order valence-electron chi connectivity index (χ4n) is 6.94. The lowest BCUT2D eigenvalue weighted by atomic mass is 9.97. The molecule has 4 fully saturated rings. The fourth-order valence-corrected chi connectivity index (χ4v) is 7.27. The molecule has 184 valence electrons. The van der Waals surface area contributed by atoms with E-state index in [4.69, 9.17) is 17.6 Å². The maximum absolute atomic E-state index is 13.8. The SMILES string of the molecule is C[C@@]12CN(c3nc(C4CCCC4)c(C(=O)N4CCC(c5cccnc5)C4)cc3S)C[C@H]1C2C(=O)O. The van der Waals surface area contributed by atoms with Crippen LogP contribution in [0.5, 0.6) is 0 Å². The number of rotatable bonds is 5. The van der Waals surface area contributed by atoms with Crippen molar-refractivity contribution in [2.75, 3.05) is 31.1 Å². The monoisotopic (exact) mass is 492 g/mol. The highest BCUT2D eigenvalue weighted by Gasteiger charge is 2.69. The van der Waals surface area contributed by atoms with Crippen molar-refractivity contribution in [2.24, 2.45) is 17.3 Å². The van der Waals surface area contributed by atoms with Gasteiger partial charge in [0.05, 0.1) is 17.2 Å². The van der Waals surface area contributed by atoms with Gasteiger partial charge in [-0.3, -0.25) is 14.6 Å². The summed E-state index contributed by atoms with van der Waals surface area (Å²) in [6.45, 7) is 4.85. The number of aromatic nitrogens is 2. The van der Waals surface area contributed by atoms with Gasteiger partial charge in [-0.1, -0.05) is 25.8 Å². The Morgan fingerprint density at radius 2 is 1.97 bits per heavy atom. The van der Waals surface area contributed by atoms with Crippen molar-refractivity contribution in [2.45, 2.75) is 55.8 Å². The summed E-state index contributed by atoms with van der Waals surface area (Å²) in [6.07, 6.45) is 9.05. The third-order valence-electron chi connectivity index (χ3n) is 8.98. The van der Waals surface area contributed by atoms with Crippen molar-refractivity contribution in [3.63, 3.8) is 0 Å². The number of nitrogens with zero attached hydrogens (tertiary/aromatic N) is 4. The molecular weight excluding hydrogens is 460 g/mol. The molecule has 4 atom stereocenters. The number of piperidine rings is 1. The molecule has 1 N–H and O–H groups in total. The second-order valence-corrected chi connectivity index (χ2v) is 11.6. The first-order valence-electron chi connectivity index (χ1n) is 12.8. The summed E-state index contributed by atoms with van der Waals surface area (Å²) in [7, 11) is 0. The standard InChI is InChI=1S/C27H32N4O3S/c1-27-15-31(14-20(27)22(27)26(33)34)24-21(35)11-19(23(29-24)16-5-2-3-6-16)25(32)30-10-8-18(13-30)17-7-4-9-28-12-17/h4,7,9,11-12,16,18,20,22,35H,2-3,5-6,8,10,13-15H2,1H3,(H,33,34)/t18?,20-,22?,27+/m0/s1. The van der Waals surface area contributed by atoms with Crippen molar-refractivity contribution in [3.8, 4) is 0 Å². The van der Waals surface area contributed by atoms with Gasteiger partial charge in [-0.25, -0.2) is 4.98 Å². The largest absolute Gasteiger partial charge is 0.481 e. The summed E-state index contributed by atoms with van der Waals surface area (Å²) in [5, 5.41) is 9.52. The summed E-state index contributed by atoms with van der Waals surface area (Å²) in [4.78, 5) is 39.6. The van der Waals surface area contributed by atoms with Crippen LogP contribution in [0, 0.1) is 17.3 Å². The van der Waals surface area contributed by atoms with Crippen LogP contribution < -0.4 is 4.90 Å². The van der Waals surface area contributed by atoms with Crippen molar-refractivity contribution < 1.29 is 14.7 Å². The molecule has 0 bridgehead atoms. The molecule has 2 aromatic heterocycles. The molecule has 4 heterocycles. The number of hydrogen-bond donors (Lipinski definition) is 2. The zero-order valence-electron chi connectivity index (χ0n) is 20.1. The van der Waals surface area contributed by atoms with Gasteiger partial charge in [0.2, 0.25) is 0 Å². The Hall–Kier alpha value is -2.61. The smallest absolute Gasteiger partial charge is 0.307 e. The van der Waals surface area contributed by atoms with Crippen LogP contribution >= 0.6 is 12.6 Å².